The highest BCUT2D eigenvalue weighted by atomic mass is 16.1. The molecule has 0 bridgehead atoms. The highest BCUT2D eigenvalue weighted by Gasteiger charge is 2.28. The standard InChI is InChI=1S/C40H52N4O/c1-4-30-13-15-36(22-32(19-30)20-31-11-7-5-8-12-31)43-40(45)39-38-23-34(14-16-37(38)29(3)28(2)24-42-39)35-21-33(25-41-26-35)27-44-17-9-6-10-18-44/h14-16,19,21-23,25-26,28-29,31H,4-13,17-18,20,24,27H2,1-3H3,(H,43,45). The third-order valence-electron chi connectivity index (χ3n) is 10.7. The Morgan fingerprint density at radius 3 is 2.56 bits per heavy atom. The number of hydrogen-bond donors (Lipinski definition) is 1. The molecule has 2 aliphatic carbocycles. The molecule has 4 aliphatic rings. The van der Waals surface area contributed by atoms with Gasteiger partial charge in [0.15, 0.2) is 0 Å². The zero-order valence-electron chi connectivity index (χ0n) is 27.8. The second-order valence-electron chi connectivity index (χ2n) is 14.1. The van der Waals surface area contributed by atoms with E-state index in [9.17, 15) is 4.79 Å². The summed E-state index contributed by atoms with van der Waals surface area (Å²) in [6.07, 6.45) is 24.4. The minimum Gasteiger partial charge on any atom is -0.321 e. The van der Waals surface area contributed by atoms with Crippen molar-refractivity contribution in [1.29, 1.82) is 0 Å². The molecule has 2 unspecified atom stereocenters. The lowest BCUT2D eigenvalue weighted by Gasteiger charge is -2.26. The molecule has 45 heavy (non-hydrogen) atoms. The van der Waals surface area contributed by atoms with Gasteiger partial charge in [0.05, 0.1) is 0 Å². The normalized spacial score (nSPS) is 23.1. The Kier molecular flexibility index (Phi) is 10.5. The van der Waals surface area contributed by atoms with E-state index < -0.39 is 0 Å². The minimum atomic E-state index is -0.105. The van der Waals surface area contributed by atoms with Crippen molar-refractivity contribution in [3.8, 4) is 11.1 Å². The molecule has 5 nitrogen and oxygen atoms in total. The van der Waals surface area contributed by atoms with E-state index in [4.69, 9.17) is 4.99 Å². The van der Waals surface area contributed by atoms with Crippen LogP contribution in [0.5, 0.6) is 0 Å². The molecular weight excluding hydrogens is 552 g/mol. The average Bonchev–Trinajstić information content (AvgIpc) is 3.33. The fraction of sp³-hybridized carbons (Fsp3) is 0.525. The Morgan fingerprint density at radius 1 is 0.956 bits per heavy atom. The molecule has 2 aromatic rings. The van der Waals surface area contributed by atoms with Crippen molar-refractivity contribution in [3.63, 3.8) is 0 Å². The van der Waals surface area contributed by atoms with E-state index in [0.717, 1.165) is 67.2 Å². The van der Waals surface area contributed by atoms with Crippen LogP contribution in [0.15, 0.2) is 76.7 Å². The van der Waals surface area contributed by atoms with Crippen molar-refractivity contribution in [1.82, 2.24) is 15.2 Å². The number of piperidine rings is 1. The van der Waals surface area contributed by atoms with Crippen LogP contribution >= 0.6 is 0 Å². The third-order valence-corrected chi connectivity index (χ3v) is 10.7. The van der Waals surface area contributed by atoms with Crippen LogP contribution in [-0.4, -0.2) is 41.1 Å². The number of amides is 1. The van der Waals surface area contributed by atoms with Crippen molar-refractivity contribution < 1.29 is 4.79 Å². The highest BCUT2D eigenvalue weighted by Crippen LogP contribution is 2.35. The molecule has 1 amide bonds. The Labute approximate surface area is 271 Å². The number of carbonyl (C=O) groups excluding carboxylic acids is 1. The Hall–Kier alpha value is -3.31. The van der Waals surface area contributed by atoms with Gasteiger partial charge in [-0.3, -0.25) is 19.7 Å². The van der Waals surface area contributed by atoms with Gasteiger partial charge in [-0.2, -0.15) is 0 Å². The van der Waals surface area contributed by atoms with Crippen molar-refractivity contribution in [3.05, 3.63) is 88.4 Å². The van der Waals surface area contributed by atoms with E-state index in [1.165, 1.54) is 73.6 Å². The van der Waals surface area contributed by atoms with Crippen LogP contribution in [-0.2, 0) is 11.3 Å². The van der Waals surface area contributed by atoms with Crippen LogP contribution in [0, 0.1) is 11.8 Å². The quantitative estimate of drug-likeness (QED) is 0.327. The molecule has 1 saturated carbocycles. The van der Waals surface area contributed by atoms with E-state index in [2.05, 4.69) is 78.5 Å². The second kappa shape index (κ2) is 14.9. The van der Waals surface area contributed by atoms with Gasteiger partial charge in [0.25, 0.3) is 5.91 Å². The van der Waals surface area contributed by atoms with Gasteiger partial charge in [0, 0.05) is 42.3 Å². The van der Waals surface area contributed by atoms with Crippen LogP contribution in [0.1, 0.15) is 114 Å². The summed E-state index contributed by atoms with van der Waals surface area (Å²) >= 11 is 0. The molecule has 238 valence electrons. The monoisotopic (exact) mass is 604 g/mol. The second-order valence-corrected chi connectivity index (χ2v) is 14.1. The Balaban J connectivity index is 1.26. The van der Waals surface area contributed by atoms with Crippen molar-refractivity contribution >= 4 is 11.6 Å². The maximum atomic E-state index is 14.1. The third kappa shape index (κ3) is 7.92. The summed E-state index contributed by atoms with van der Waals surface area (Å²) in [5.41, 5.74) is 9.83. The van der Waals surface area contributed by atoms with Crippen LogP contribution in [0.25, 0.3) is 11.1 Å². The number of nitrogens with one attached hydrogen (secondary N) is 1. The number of carbonyl (C=O) groups is 1. The van der Waals surface area contributed by atoms with Crippen molar-refractivity contribution in [2.45, 2.75) is 104 Å². The van der Waals surface area contributed by atoms with Gasteiger partial charge >= 0.3 is 0 Å². The Morgan fingerprint density at radius 2 is 1.76 bits per heavy atom. The predicted molar refractivity (Wildman–Crippen MR) is 186 cm³/mol. The first-order chi connectivity index (χ1) is 22.0. The topological polar surface area (TPSA) is 57.6 Å². The number of aliphatic imine (C=N–C) groups is 1. The summed E-state index contributed by atoms with van der Waals surface area (Å²) in [7, 11) is 0. The highest BCUT2D eigenvalue weighted by molar-refractivity contribution is 6.46. The van der Waals surface area contributed by atoms with Crippen LogP contribution < -0.4 is 5.32 Å². The van der Waals surface area contributed by atoms with E-state index >= 15 is 0 Å². The fourth-order valence-corrected chi connectivity index (χ4v) is 7.65. The van der Waals surface area contributed by atoms with Gasteiger partial charge < -0.3 is 5.32 Å². The molecule has 5 heteroatoms. The molecule has 1 aromatic heterocycles. The molecule has 3 heterocycles. The lowest BCUT2D eigenvalue weighted by Crippen LogP contribution is -2.31. The van der Waals surface area contributed by atoms with Crippen LogP contribution in [0.3, 0.4) is 0 Å². The molecule has 1 aromatic carbocycles. The number of benzene rings is 1. The van der Waals surface area contributed by atoms with Crippen molar-refractivity contribution in [2.24, 2.45) is 16.8 Å². The Bertz CT molecular complexity index is 1490. The fourth-order valence-electron chi connectivity index (χ4n) is 7.65. The number of nitrogens with zero attached hydrogens (tertiary/aromatic N) is 3. The van der Waals surface area contributed by atoms with Crippen molar-refractivity contribution in [2.75, 3.05) is 19.6 Å². The molecule has 2 fully saturated rings. The van der Waals surface area contributed by atoms with Gasteiger partial charge in [0.1, 0.15) is 5.71 Å². The van der Waals surface area contributed by atoms with Crippen LogP contribution in [0.2, 0.25) is 0 Å². The molecule has 2 atom stereocenters. The number of pyridine rings is 1. The van der Waals surface area contributed by atoms with E-state index in [1.54, 1.807) is 0 Å². The summed E-state index contributed by atoms with van der Waals surface area (Å²) in [6.45, 7) is 10.7. The SMILES string of the molecule is CCC1=CC(CC2CCCCC2)=CC(NC(=O)C2=NCC(C)C(C)c3ccc(-c4cncc(CN5CCCCC5)c4)cc32)=CC1. The van der Waals surface area contributed by atoms with Gasteiger partial charge in [-0.15, -0.1) is 0 Å². The van der Waals surface area contributed by atoms with Crippen LogP contribution in [0.4, 0.5) is 0 Å². The minimum absolute atomic E-state index is 0.105. The first-order valence-corrected chi connectivity index (χ1v) is 17.7. The molecule has 2 aliphatic heterocycles. The smallest absolute Gasteiger partial charge is 0.274 e. The first kappa shape index (κ1) is 31.7. The number of fused-ring (bicyclic) bond motifs is 1. The molecule has 6 rings (SSSR count). The van der Waals surface area contributed by atoms with E-state index in [-0.39, 0.29) is 5.91 Å². The van der Waals surface area contributed by atoms with Gasteiger partial charge in [-0.1, -0.05) is 89.2 Å². The lowest BCUT2D eigenvalue weighted by molar-refractivity contribution is -0.114. The lowest BCUT2D eigenvalue weighted by atomic mass is 9.84. The molecule has 1 N–H and O–H groups in total. The number of likely N-dealkylation sites (tertiary alicyclic amines) is 1. The predicted octanol–water partition coefficient (Wildman–Crippen LogP) is 8.91. The summed E-state index contributed by atoms with van der Waals surface area (Å²) in [6, 6.07) is 8.89. The molecule has 0 spiro atoms. The summed E-state index contributed by atoms with van der Waals surface area (Å²) < 4.78 is 0. The number of allylic oxidation sites excluding steroid dienone is 5. The molecular formula is C40H52N4O. The van der Waals surface area contributed by atoms with Gasteiger partial charge in [-0.05, 0) is 103 Å². The van der Waals surface area contributed by atoms with E-state index in [1.807, 2.05) is 12.4 Å². The number of rotatable bonds is 8. The largest absolute Gasteiger partial charge is 0.321 e. The number of hydrogen-bond acceptors (Lipinski definition) is 4. The maximum Gasteiger partial charge on any atom is 0.274 e. The zero-order chi connectivity index (χ0) is 31.2. The summed E-state index contributed by atoms with van der Waals surface area (Å²) in [5.74, 6) is 1.31. The molecule has 0 radical (unpaired) electrons. The van der Waals surface area contributed by atoms with Gasteiger partial charge in [-0.25, -0.2) is 0 Å². The summed E-state index contributed by atoms with van der Waals surface area (Å²) in [4.78, 5) is 26.3. The zero-order valence-corrected chi connectivity index (χ0v) is 27.8. The molecule has 1 saturated heterocycles. The summed E-state index contributed by atoms with van der Waals surface area (Å²) in [5, 5.41) is 3.32. The van der Waals surface area contributed by atoms with E-state index in [0.29, 0.717) is 24.1 Å². The average molecular weight is 605 g/mol. The number of aromatic nitrogens is 1. The first-order valence-electron chi connectivity index (χ1n) is 17.7. The van der Waals surface area contributed by atoms with Gasteiger partial charge in [0.2, 0.25) is 0 Å². The maximum absolute atomic E-state index is 14.1.